The molecule has 1 amide bonds. The molecule has 146 valence electrons. The smallest absolute Gasteiger partial charge is 0.317 e. The molecule has 0 spiro atoms. The monoisotopic (exact) mass is 410 g/mol. The fourth-order valence-corrected chi connectivity index (χ4v) is 4.10. The van der Waals surface area contributed by atoms with Crippen molar-refractivity contribution in [3.63, 3.8) is 0 Å². The highest BCUT2D eigenvalue weighted by molar-refractivity contribution is 7.99. The predicted octanol–water partition coefficient (Wildman–Crippen LogP) is 5.76. The lowest BCUT2D eigenvalue weighted by Gasteiger charge is -2.22. The summed E-state index contributed by atoms with van der Waals surface area (Å²) in [6, 6.07) is 8.02. The summed E-state index contributed by atoms with van der Waals surface area (Å²) in [6.07, 6.45) is 4.12. The van der Waals surface area contributed by atoms with E-state index < -0.39 is 11.8 Å². The normalized spacial score (nSPS) is 11.7. The van der Waals surface area contributed by atoms with Crippen molar-refractivity contribution in [3.8, 4) is 0 Å². The maximum absolute atomic E-state index is 15.1. The molecule has 7 heteroatoms. The first kappa shape index (κ1) is 21.7. The van der Waals surface area contributed by atoms with Gasteiger partial charge < -0.3 is 5.32 Å². The Hall–Kier alpha value is -1.60. The summed E-state index contributed by atoms with van der Waals surface area (Å²) in [4.78, 5) is 17.7. The summed E-state index contributed by atoms with van der Waals surface area (Å²) >= 11 is 2.70. The molecule has 2 rings (SSSR count). The number of carbonyl (C=O) groups is 1. The van der Waals surface area contributed by atoms with E-state index in [4.69, 9.17) is 0 Å². The van der Waals surface area contributed by atoms with Crippen LogP contribution in [0.15, 0.2) is 40.3 Å². The summed E-state index contributed by atoms with van der Waals surface area (Å²) in [5.74, 6) is -4.77. The van der Waals surface area contributed by atoms with E-state index in [9.17, 15) is 4.79 Å². The van der Waals surface area contributed by atoms with Gasteiger partial charge in [-0.25, -0.2) is 4.98 Å². The first-order chi connectivity index (χ1) is 12.7. The van der Waals surface area contributed by atoms with Crippen molar-refractivity contribution in [2.45, 2.75) is 43.0 Å². The molecule has 2 aromatic rings. The largest absolute Gasteiger partial charge is 0.350 e. The van der Waals surface area contributed by atoms with Crippen molar-refractivity contribution in [1.82, 2.24) is 4.98 Å². The van der Waals surface area contributed by atoms with Gasteiger partial charge in [-0.3, -0.25) is 4.79 Å². The number of rotatable bonds is 7. The average Bonchev–Trinajstić information content (AvgIpc) is 2.62. The van der Waals surface area contributed by atoms with E-state index in [1.165, 1.54) is 35.7 Å². The number of halogens is 2. The number of anilines is 1. The van der Waals surface area contributed by atoms with Gasteiger partial charge >= 0.3 is 5.92 Å². The first-order valence-electron chi connectivity index (χ1n) is 8.58. The second kappa shape index (κ2) is 9.06. The van der Waals surface area contributed by atoms with Crippen molar-refractivity contribution >= 4 is 35.1 Å². The van der Waals surface area contributed by atoms with Crippen molar-refractivity contribution in [2.24, 2.45) is 5.92 Å². The van der Waals surface area contributed by atoms with Crippen LogP contribution < -0.4 is 5.32 Å². The zero-order valence-corrected chi connectivity index (χ0v) is 17.7. The molecule has 0 fully saturated rings. The van der Waals surface area contributed by atoms with Gasteiger partial charge in [-0.2, -0.15) is 8.78 Å². The number of nitrogens with one attached hydrogen (secondary N) is 1. The number of aryl methyl sites for hydroxylation is 1. The summed E-state index contributed by atoms with van der Waals surface area (Å²) in [5, 5.41) is 2.96. The van der Waals surface area contributed by atoms with Gasteiger partial charge in [-0.05, 0) is 43.4 Å². The zero-order valence-electron chi connectivity index (χ0n) is 16.1. The standard InChI is InChI=1S/C20H24F2N2OS2/c1-12(2)10-14-8-6-7-9-15(14)20(21,22)19(25)24-17-16(26-4)11-13(3)23-18(17)27-5/h6-9,11-12H,10H2,1-5H3,(H,24,25). The van der Waals surface area contributed by atoms with Crippen molar-refractivity contribution in [2.75, 3.05) is 17.8 Å². The molecule has 27 heavy (non-hydrogen) atoms. The van der Waals surface area contributed by atoms with Gasteiger partial charge in [-0.15, -0.1) is 23.5 Å². The minimum Gasteiger partial charge on any atom is -0.317 e. The maximum atomic E-state index is 15.1. The molecule has 0 aliphatic carbocycles. The summed E-state index contributed by atoms with van der Waals surface area (Å²) in [5.41, 5.74) is 1.36. The van der Waals surface area contributed by atoms with Crippen LogP contribution in [0.3, 0.4) is 0 Å². The van der Waals surface area contributed by atoms with E-state index >= 15 is 8.78 Å². The highest BCUT2D eigenvalue weighted by atomic mass is 32.2. The number of nitrogens with zero attached hydrogens (tertiary/aromatic N) is 1. The van der Waals surface area contributed by atoms with Crippen LogP contribution in [0, 0.1) is 12.8 Å². The van der Waals surface area contributed by atoms with Crippen molar-refractivity contribution < 1.29 is 13.6 Å². The third-order valence-corrected chi connectivity index (χ3v) is 5.44. The SMILES string of the molecule is CSc1cc(C)nc(SC)c1NC(=O)C(F)(F)c1ccccc1CC(C)C. The third kappa shape index (κ3) is 5.02. The van der Waals surface area contributed by atoms with Crippen LogP contribution >= 0.6 is 23.5 Å². The van der Waals surface area contributed by atoms with Crippen LogP contribution in [0.4, 0.5) is 14.5 Å². The second-order valence-corrected chi connectivity index (χ2v) is 8.28. The average molecular weight is 411 g/mol. The predicted molar refractivity (Wildman–Crippen MR) is 110 cm³/mol. The van der Waals surface area contributed by atoms with Gasteiger partial charge in [0.15, 0.2) is 0 Å². The molecular formula is C20H24F2N2OS2. The summed E-state index contributed by atoms with van der Waals surface area (Å²) < 4.78 is 30.1. The zero-order chi connectivity index (χ0) is 20.2. The van der Waals surface area contributed by atoms with E-state index in [2.05, 4.69) is 10.3 Å². The molecule has 3 nitrogen and oxygen atoms in total. The molecule has 0 saturated carbocycles. The molecule has 0 aliphatic rings. The Morgan fingerprint density at radius 1 is 1.22 bits per heavy atom. The van der Waals surface area contributed by atoms with Gasteiger partial charge in [0.1, 0.15) is 5.03 Å². The molecule has 1 aromatic heterocycles. The van der Waals surface area contributed by atoms with E-state index in [0.29, 0.717) is 27.6 Å². The molecule has 1 heterocycles. The topological polar surface area (TPSA) is 42.0 Å². The van der Waals surface area contributed by atoms with Gasteiger partial charge in [0.25, 0.3) is 5.91 Å². The number of thioether (sulfide) groups is 2. The lowest BCUT2D eigenvalue weighted by Crippen LogP contribution is -2.33. The third-order valence-electron chi connectivity index (χ3n) is 4.00. The molecule has 0 bridgehead atoms. The number of pyridine rings is 1. The maximum Gasteiger partial charge on any atom is 0.350 e. The Morgan fingerprint density at radius 3 is 2.48 bits per heavy atom. The highest BCUT2D eigenvalue weighted by Crippen LogP contribution is 2.37. The second-order valence-electron chi connectivity index (χ2n) is 6.63. The summed E-state index contributed by atoms with van der Waals surface area (Å²) in [6.45, 7) is 5.76. The number of amides is 1. The number of aromatic nitrogens is 1. The summed E-state index contributed by atoms with van der Waals surface area (Å²) in [7, 11) is 0. The van der Waals surface area contributed by atoms with E-state index in [1.807, 2.05) is 27.0 Å². The van der Waals surface area contributed by atoms with E-state index in [1.54, 1.807) is 24.5 Å². The van der Waals surface area contributed by atoms with Gasteiger partial charge in [0.05, 0.1) is 5.69 Å². The Balaban J connectivity index is 2.41. The van der Waals surface area contributed by atoms with Gasteiger partial charge in [0, 0.05) is 16.2 Å². The molecule has 0 radical (unpaired) electrons. The lowest BCUT2D eigenvalue weighted by molar-refractivity contribution is -0.141. The molecule has 0 saturated heterocycles. The number of benzene rings is 1. The number of alkyl halides is 2. The Labute approximate surface area is 167 Å². The van der Waals surface area contributed by atoms with Crippen LogP contribution in [0.5, 0.6) is 0 Å². The Kier molecular flexibility index (Phi) is 7.28. The Morgan fingerprint density at radius 2 is 1.89 bits per heavy atom. The van der Waals surface area contributed by atoms with Crippen LogP contribution in [-0.4, -0.2) is 23.4 Å². The number of hydrogen-bond acceptors (Lipinski definition) is 4. The molecule has 1 aromatic carbocycles. The molecule has 0 atom stereocenters. The van der Waals surface area contributed by atoms with Crippen molar-refractivity contribution in [3.05, 3.63) is 47.2 Å². The molecule has 1 N–H and O–H groups in total. The molecule has 0 aliphatic heterocycles. The first-order valence-corrected chi connectivity index (χ1v) is 11.0. The van der Waals surface area contributed by atoms with Crippen molar-refractivity contribution in [1.29, 1.82) is 0 Å². The molecule has 0 unspecified atom stereocenters. The lowest BCUT2D eigenvalue weighted by atomic mass is 9.94. The highest BCUT2D eigenvalue weighted by Gasteiger charge is 2.43. The minimum absolute atomic E-state index is 0.206. The van der Waals surface area contributed by atoms with Crippen LogP contribution in [-0.2, 0) is 17.1 Å². The fraction of sp³-hybridized carbons (Fsp3) is 0.400. The number of carbonyl (C=O) groups excluding carboxylic acids is 1. The van der Waals surface area contributed by atoms with Crippen LogP contribution in [0.2, 0.25) is 0 Å². The Bertz CT molecular complexity index is 800. The quantitative estimate of drug-likeness (QED) is 0.589. The number of hydrogen-bond donors (Lipinski definition) is 1. The van der Waals surface area contributed by atoms with Gasteiger partial charge in [0.2, 0.25) is 0 Å². The molecular weight excluding hydrogens is 386 g/mol. The van der Waals surface area contributed by atoms with Crippen LogP contribution in [0.25, 0.3) is 0 Å². The van der Waals surface area contributed by atoms with Crippen LogP contribution in [0.1, 0.15) is 30.7 Å². The van der Waals surface area contributed by atoms with Gasteiger partial charge in [-0.1, -0.05) is 38.1 Å². The minimum atomic E-state index is -3.64. The fourth-order valence-electron chi connectivity index (χ4n) is 2.80. The van der Waals surface area contributed by atoms with E-state index in [-0.39, 0.29) is 11.5 Å². The van der Waals surface area contributed by atoms with E-state index in [0.717, 1.165) is 5.69 Å².